The van der Waals surface area contributed by atoms with E-state index < -0.39 is 0 Å². The molecule has 0 unspecified atom stereocenters. The van der Waals surface area contributed by atoms with Gasteiger partial charge in [0.05, 0.1) is 12.2 Å². The van der Waals surface area contributed by atoms with Gasteiger partial charge in [-0.1, -0.05) is 18.2 Å². The number of nitrogens with zero attached hydrogens (tertiary/aromatic N) is 1. The lowest BCUT2D eigenvalue weighted by molar-refractivity contribution is -0.116. The van der Waals surface area contributed by atoms with Crippen molar-refractivity contribution in [3.63, 3.8) is 0 Å². The first kappa shape index (κ1) is 15.9. The lowest BCUT2D eigenvalue weighted by atomic mass is 10.1. The number of hydrogen-bond acceptors (Lipinski definition) is 3. The summed E-state index contributed by atoms with van der Waals surface area (Å²) in [6, 6.07) is 13.1. The zero-order chi connectivity index (χ0) is 16.8. The minimum absolute atomic E-state index is 0.0406. The Hall–Kier alpha value is -2.95. The first-order valence-corrected chi connectivity index (χ1v) is 7.97. The van der Waals surface area contributed by atoms with Crippen LogP contribution in [-0.4, -0.2) is 22.8 Å². The number of amides is 2. The van der Waals surface area contributed by atoms with Crippen molar-refractivity contribution in [2.75, 3.05) is 0 Å². The van der Waals surface area contributed by atoms with Crippen molar-refractivity contribution in [2.45, 2.75) is 25.4 Å². The fraction of sp³-hybridized carbons (Fsp3) is 0.211. The molecule has 0 radical (unpaired) electrons. The lowest BCUT2D eigenvalue weighted by Crippen LogP contribution is -2.25. The Kier molecular flexibility index (Phi) is 5.01. The third kappa shape index (κ3) is 4.78. The fourth-order valence-corrected chi connectivity index (χ4v) is 2.15. The second kappa shape index (κ2) is 7.55. The van der Waals surface area contributed by atoms with Gasteiger partial charge in [-0.2, -0.15) is 0 Å². The largest absolute Gasteiger partial charge is 0.349 e. The van der Waals surface area contributed by atoms with E-state index in [9.17, 15) is 9.59 Å². The highest BCUT2D eigenvalue weighted by Gasteiger charge is 2.23. The van der Waals surface area contributed by atoms with Crippen LogP contribution in [0.2, 0.25) is 0 Å². The van der Waals surface area contributed by atoms with E-state index in [1.165, 1.54) is 6.08 Å². The fourth-order valence-electron chi connectivity index (χ4n) is 2.15. The van der Waals surface area contributed by atoms with Crippen LogP contribution in [0, 0.1) is 0 Å². The summed E-state index contributed by atoms with van der Waals surface area (Å²) in [5.41, 5.74) is 2.31. The van der Waals surface area contributed by atoms with Gasteiger partial charge in [-0.05, 0) is 48.7 Å². The molecule has 1 aliphatic rings. The number of hydrogen-bond donors (Lipinski definition) is 2. The molecule has 0 aliphatic heterocycles. The van der Waals surface area contributed by atoms with Gasteiger partial charge in [-0.25, -0.2) is 0 Å². The summed E-state index contributed by atoms with van der Waals surface area (Å²) in [4.78, 5) is 27.8. The van der Waals surface area contributed by atoms with E-state index in [-0.39, 0.29) is 11.8 Å². The molecule has 24 heavy (non-hydrogen) atoms. The first-order chi connectivity index (χ1) is 11.7. The normalized spacial score (nSPS) is 13.7. The Balaban J connectivity index is 1.50. The summed E-state index contributed by atoms with van der Waals surface area (Å²) >= 11 is 0. The third-order valence-corrected chi connectivity index (χ3v) is 3.68. The Labute approximate surface area is 140 Å². The molecular weight excluding hydrogens is 302 g/mol. The Morgan fingerprint density at radius 1 is 1.12 bits per heavy atom. The van der Waals surface area contributed by atoms with Gasteiger partial charge in [0.25, 0.3) is 5.91 Å². The molecule has 2 N–H and O–H groups in total. The summed E-state index contributed by atoms with van der Waals surface area (Å²) in [5, 5.41) is 5.72. The molecule has 1 fully saturated rings. The highest BCUT2D eigenvalue weighted by atomic mass is 16.2. The van der Waals surface area contributed by atoms with Crippen molar-refractivity contribution in [1.29, 1.82) is 0 Å². The van der Waals surface area contributed by atoms with Crippen molar-refractivity contribution < 1.29 is 9.59 Å². The van der Waals surface area contributed by atoms with E-state index >= 15 is 0 Å². The summed E-state index contributed by atoms with van der Waals surface area (Å²) in [5.74, 6) is -0.225. The van der Waals surface area contributed by atoms with Crippen LogP contribution < -0.4 is 10.6 Å². The molecule has 1 aromatic heterocycles. The molecule has 2 aromatic rings. The molecule has 1 aliphatic carbocycles. The third-order valence-electron chi connectivity index (χ3n) is 3.68. The molecule has 122 valence electrons. The summed E-state index contributed by atoms with van der Waals surface area (Å²) < 4.78 is 0. The van der Waals surface area contributed by atoms with Crippen LogP contribution in [-0.2, 0) is 11.3 Å². The molecule has 0 spiro atoms. The van der Waals surface area contributed by atoms with Crippen molar-refractivity contribution in [3.8, 4) is 0 Å². The molecule has 2 amide bonds. The molecule has 5 heteroatoms. The highest BCUT2D eigenvalue weighted by molar-refractivity contribution is 5.95. The maximum atomic E-state index is 11.9. The van der Waals surface area contributed by atoms with Gasteiger partial charge >= 0.3 is 0 Å². The van der Waals surface area contributed by atoms with E-state index in [1.807, 2.05) is 30.3 Å². The van der Waals surface area contributed by atoms with Crippen molar-refractivity contribution in [3.05, 3.63) is 71.6 Å². The zero-order valence-electron chi connectivity index (χ0n) is 13.2. The number of rotatable bonds is 6. The molecule has 0 atom stereocenters. The van der Waals surface area contributed by atoms with Gasteiger partial charge in [0.1, 0.15) is 0 Å². The van der Waals surface area contributed by atoms with E-state index in [0.29, 0.717) is 18.2 Å². The Bertz CT molecular complexity index is 735. The van der Waals surface area contributed by atoms with Gasteiger partial charge in [0.15, 0.2) is 0 Å². The Morgan fingerprint density at radius 2 is 1.92 bits per heavy atom. The molecule has 1 aromatic carbocycles. The highest BCUT2D eigenvalue weighted by Crippen LogP contribution is 2.19. The standard InChI is InChI=1S/C19H19N3O2/c23-18(21-13-17-3-1-2-12-20-17)11-6-14-4-7-15(8-5-14)19(24)22-16-9-10-16/h1-8,11-12,16H,9-10,13H2,(H,21,23)(H,22,24)/b11-6+. The number of benzene rings is 1. The van der Waals surface area contributed by atoms with Crippen LogP contribution in [0.5, 0.6) is 0 Å². The van der Waals surface area contributed by atoms with Gasteiger partial charge in [-0.3, -0.25) is 14.6 Å². The van der Waals surface area contributed by atoms with E-state index in [0.717, 1.165) is 24.1 Å². The lowest BCUT2D eigenvalue weighted by Gasteiger charge is -2.03. The van der Waals surface area contributed by atoms with Gasteiger partial charge in [0.2, 0.25) is 5.91 Å². The molecule has 0 saturated heterocycles. The molecule has 0 bridgehead atoms. The number of pyridine rings is 1. The number of carbonyl (C=O) groups is 2. The number of nitrogens with one attached hydrogen (secondary N) is 2. The minimum atomic E-state index is -0.184. The van der Waals surface area contributed by atoms with Crippen LogP contribution in [0.25, 0.3) is 6.08 Å². The smallest absolute Gasteiger partial charge is 0.251 e. The van der Waals surface area contributed by atoms with Crippen LogP contribution in [0.1, 0.15) is 34.5 Å². The maximum absolute atomic E-state index is 11.9. The van der Waals surface area contributed by atoms with Crippen LogP contribution in [0.3, 0.4) is 0 Å². The maximum Gasteiger partial charge on any atom is 0.251 e. The molecule has 1 heterocycles. The predicted molar refractivity (Wildman–Crippen MR) is 92.0 cm³/mol. The van der Waals surface area contributed by atoms with Gasteiger partial charge in [0, 0.05) is 23.9 Å². The van der Waals surface area contributed by atoms with E-state index in [1.54, 1.807) is 24.4 Å². The summed E-state index contributed by atoms with van der Waals surface area (Å²) in [6.07, 6.45) is 7.02. The number of aromatic nitrogens is 1. The van der Waals surface area contributed by atoms with Gasteiger partial charge in [-0.15, -0.1) is 0 Å². The average molecular weight is 321 g/mol. The topological polar surface area (TPSA) is 71.1 Å². The van der Waals surface area contributed by atoms with Crippen LogP contribution in [0.15, 0.2) is 54.7 Å². The van der Waals surface area contributed by atoms with Crippen LogP contribution in [0.4, 0.5) is 0 Å². The number of carbonyl (C=O) groups excluding carboxylic acids is 2. The average Bonchev–Trinajstić information content (AvgIpc) is 3.43. The molecule has 3 rings (SSSR count). The zero-order valence-corrected chi connectivity index (χ0v) is 13.2. The minimum Gasteiger partial charge on any atom is -0.349 e. The molecule has 5 nitrogen and oxygen atoms in total. The van der Waals surface area contributed by atoms with Crippen molar-refractivity contribution in [1.82, 2.24) is 15.6 Å². The summed E-state index contributed by atoms with van der Waals surface area (Å²) in [7, 11) is 0. The van der Waals surface area contributed by atoms with Crippen molar-refractivity contribution in [2.24, 2.45) is 0 Å². The second-order valence-corrected chi connectivity index (χ2v) is 5.74. The SMILES string of the molecule is O=C(/C=C/c1ccc(C(=O)NC2CC2)cc1)NCc1ccccn1. The summed E-state index contributed by atoms with van der Waals surface area (Å²) in [6.45, 7) is 0.393. The quantitative estimate of drug-likeness (QED) is 0.802. The molecular formula is C19H19N3O2. The molecule has 1 saturated carbocycles. The van der Waals surface area contributed by atoms with Crippen LogP contribution >= 0.6 is 0 Å². The van der Waals surface area contributed by atoms with E-state index in [2.05, 4.69) is 15.6 Å². The monoisotopic (exact) mass is 321 g/mol. The van der Waals surface area contributed by atoms with E-state index in [4.69, 9.17) is 0 Å². The first-order valence-electron chi connectivity index (χ1n) is 7.97. The van der Waals surface area contributed by atoms with Gasteiger partial charge < -0.3 is 10.6 Å². The van der Waals surface area contributed by atoms with Crippen molar-refractivity contribution >= 4 is 17.9 Å². The second-order valence-electron chi connectivity index (χ2n) is 5.74. The predicted octanol–water partition coefficient (Wildman–Crippen LogP) is 2.30. The Morgan fingerprint density at radius 3 is 2.58 bits per heavy atom.